The van der Waals surface area contributed by atoms with Gasteiger partial charge in [-0.3, -0.25) is 0 Å². The van der Waals surface area contributed by atoms with Gasteiger partial charge in [-0.05, 0) is 0 Å². The summed E-state index contributed by atoms with van der Waals surface area (Å²) in [6, 6.07) is 0.831. The van der Waals surface area contributed by atoms with Crippen LogP contribution in [-0.4, -0.2) is 45.4 Å². The van der Waals surface area contributed by atoms with Crippen molar-refractivity contribution in [1.82, 2.24) is 14.6 Å². The van der Waals surface area contributed by atoms with Crippen molar-refractivity contribution in [2.45, 2.75) is 12.3 Å². The Morgan fingerprint density at radius 1 is 1.57 bits per heavy atom. The van der Waals surface area contributed by atoms with Gasteiger partial charge >= 0.3 is 12.1 Å². The molecular weight excluding hydrogens is 293 g/mol. The number of hydrogen-bond acceptors (Lipinski definition) is 5. The number of carboxylic acids is 1. The molecule has 1 unspecified atom stereocenters. The Morgan fingerprint density at radius 2 is 2.29 bits per heavy atom. The van der Waals surface area contributed by atoms with Gasteiger partial charge in [-0.1, -0.05) is 0 Å². The second-order valence-corrected chi connectivity index (χ2v) is 4.08. The minimum atomic E-state index is -4.57. The van der Waals surface area contributed by atoms with Gasteiger partial charge in [0.1, 0.15) is 5.52 Å². The van der Waals surface area contributed by atoms with Gasteiger partial charge in [0.25, 0.3) is 0 Å². The summed E-state index contributed by atoms with van der Waals surface area (Å²) in [5, 5.41) is 14.9. The molecule has 0 aliphatic heterocycles. The van der Waals surface area contributed by atoms with Crippen LogP contribution in [0.3, 0.4) is 0 Å². The number of alkyl halides is 3. The van der Waals surface area contributed by atoms with Crippen molar-refractivity contribution < 1.29 is 27.8 Å². The lowest BCUT2D eigenvalue weighted by Gasteiger charge is -2.12. The Hall–Kier alpha value is -2.36. The van der Waals surface area contributed by atoms with E-state index >= 15 is 0 Å². The fourth-order valence-electron chi connectivity index (χ4n) is 1.66. The second kappa shape index (κ2) is 5.56. The summed E-state index contributed by atoms with van der Waals surface area (Å²) in [6.07, 6.45) is -3.19. The normalized spacial score (nSPS) is 13.3. The van der Waals surface area contributed by atoms with Gasteiger partial charge in [-0.2, -0.15) is 18.3 Å². The lowest BCUT2D eigenvalue weighted by atomic mass is 10.3. The monoisotopic (exact) mass is 304 g/mol. The molecule has 0 aliphatic carbocycles. The van der Waals surface area contributed by atoms with Crippen molar-refractivity contribution in [3.05, 3.63) is 24.2 Å². The van der Waals surface area contributed by atoms with E-state index in [9.17, 15) is 18.0 Å². The molecule has 0 saturated carbocycles. The first-order valence-electron chi connectivity index (χ1n) is 5.74. The summed E-state index contributed by atoms with van der Waals surface area (Å²) in [5.41, 5.74) is -0.967. The molecule has 7 nitrogen and oxygen atoms in total. The van der Waals surface area contributed by atoms with E-state index in [4.69, 9.17) is 9.84 Å². The molecule has 0 saturated heterocycles. The Morgan fingerprint density at radius 3 is 2.86 bits per heavy atom. The highest BCUT2D eigenvalue weighted by atomic mass is 19.4. The number of ether oxygens (including phenoxy) is 1. The molecular formula is C11H11F3N4O3. The van der Waals surface area contributed by atoms with Gasteiger partial charge in [0, 0.05) is 25.6 Å². The number of fused-ring (bicyclic) bond motifs is 1. The number of halogens is 3. The number of nitrogens with zero attached hydrogens (tertiary/aromatic N) is 3. The van der Waals surface area contributed by atoms with Gasteiger partial charge in [-0.15, -0.1) is 0 Å². The van der Waals surface area contributed by atoms with Crippen molar-refractivity contribution in [2.75, 3.05) is 19.0 Å². The van der Waals surface area contributed by atoms with Crippen molar-refractivity contribution in [1.29, 1.82) is 0 Å². The molecule has 2 aromatic rings. The smallest absolute Gasteiger partial charge is 0.435 e. The maximum atomic E-state index is 12.6. The zero-order chi connectivity index (χ0) is 15.6. The molecule has 0 amide bonds. The molecule has 0 aliphatic rings. The zero-order valence-corrected chi connectivity index (χ0v) is 10.8. The van der Waals surface area contributed by atoms with Crippen LogP contribution in [0.25, 0.3) is 5.52 Å². The lowest BCUT2D eigenvalue weighted by Crippen LogP contribution is -2.30. The molecule has 0 aromatic carbocycles. The fourth-order valence-corrected chi connectivity index (χ4v) is 1.66. The number of anilines is 1. The standard InChI is InChI=1S/C11H11F3N4O3/c1-21-7(10(19)20)5-16-9-6-4-8(11(12,13)14)17-18(6)3-2-15-9/h2-4,7H,5H2,1H3,(H,15,16)(H,19,20). The van der Waals surface area contributed by atoms with Crippen molar-refractivity contribution in [3.63, 3.8) is 0 Å². The quantitative estimate of drug-likeness (QED) is 0.864. The molecule has 21 heavy (non-hydrogen) atoms. The first-order chi connectivity index (χ1) is 9.82. The molecule has 10 heteroatoms. The SMILES string of the molecule is COC(CNc1nccn2nc(C(F)(F)F)cc12)C(=O)O. The number of nitrogens with one attached hydrogen (secondary N) is 1. The Bertz CT molecular complexity index is 656. The largest absolute Gasteiger partial charge is 0.479 e. The number of methoxy groups -OCH3 is 1. The van der Waals surface area contributed by atoms with Gasteiger partial charge in [0.05, 0.1) is 6.54 Å². The predicted octanol–water partition coefficient (Wildman–Crippen LogP) is 1.26. The number of rotatable bonds is 5. The molecule has 0 bridgehead atoms. The highest BCUT2D eigenvalue weighted by Crippen LogP contribution is 2.29. The average Bonchev–Trinajstić information content (AvgIpc) is 2.83. The molecule has 0 fully saturated rings. The van der Waals surface area contributed by atoms with Gasteiger partial charge in [0.2, 0.25) is 0 Å². The minimum absolute atomic E-state index is 0.0869. The number of carbonyl (C=O) groups is 1. The summed E-state index contributed by atoms with van der Waals surface area (Å²) in [4.78, 5) is 14.7. The molecule has 2 N–H and O–H groups in total. The molecule has 114 valence electrons. The topological polar surface area (TPSA) is 88.8 Å². The van der Waals surface area contributed by atoms with Crippen LogP contribution < -0.4 is 5.32 Å². The van der Waals surface area contributed by atoms with E-state index in [1.807, 2.05) is 0 Å². The number of aliphatic carboxylic acids is 1. The van der Waals surface area contributed by atoms with Gasteiger partial charge in [-0.25, -0.2) is 14.3 Å². The second-order valence-electron chi connectivity index (χ2n) is 4.08. The third-order valence-corrected chi connectivity index (χ3v) is 2.70. The highest BCUT2D eigenvalue weighted by Gasteiger charge is 2.34. The van der Waals surface area contributed by atoms with Gasteiger partial charge in [0.15, 0.2) is 17.6 Å². The molecule has 1 atom stereocenters. The van der Waals surface area contributed by atoms with Crippen molar-refractivity contribution in [3.8, 4) is 0 Å². The van der Waals surface area contributed by atoms with Crippen LogP contribution in [-0.2, 0) is 15.7 Å². The van der Waals surface area contributed by atoms with E-state index in [1.165, 1.54) is 19.5 Å². The van der Waals surface area contributed by atoms with E-state index < -0.39 is 23.9 Å². The molecule has 2 rings (SSSR count). The predicted molar refractivity (Wildman–Crippen MR) is 64.9 cm³/mol. The van der Waals surface area contributed by atoms with Crippen molar-refractivity contribution in [2.24, 2.45) is 0 Å². The van der Waals surface area contributed by atoms with Crippen LogP contribution in [0, 0.1) is 0 Å². The minimum Gasteiger partial charge on any atom is -0.479 e. The van der Waals surface area contributed by atoms with Crippen molar-refractivity contribution >= 4 is 17.3 Å². The van der Waals surface area contributed by atoms with Crippen LogP contribution >= 0.6 is 0 Å². The van der Waals surface area contributed by atoms with Crippen LogP contribution in [0.15, 0.2) is 18.5 Å². The Balaban J connectivity index is 2.28. The van der Waals surface area contributed by atoms with Crippen LogP contribution in [0.1, 0.15) is 5.69 Å². The summed E-state index contributed by atoms with van der Waals surface area (Å²) >= 11 is 0. The molecule has 0 spiro atoms. The first kappa shape index (κ1) is 15.0. The summed E-state index contributed by atoms with van der Waals surface area (Å²) in [7, 11) is 1.22. The first-order valence-corrected chi connectivity index (χ1v) is 5.74. The Kier molecular flexibility index (Phi) is 3.98. The maximum Gasteiger partial charge on any atom is 0.435 e. The summed E-state index contributed by atoms with van der Waals surface area (Å²) in [6.45, 7) is -0.148. The Labute approximate surface area is 116 Å². The van der Waals surface area contributed by atoms with Gasteiger partial charge < -0.3 is 15.2 Å². The average molecular weight is 304 g/mol. The van der Waals surface area contributed by atoms with E-state index in [2.05, 4.69) is 15.4 Å². The molecule has 2 aromatic heterocycles. The zero-order valence-electron chi connectivity index (χ0n) is 10.8. The van der Waals surface area contributed by atoms with Crippen LogP contribution in [0.2, 0.25) is 0 Å². The van der Waals surface area contributed by atoms with E-state index in [0.29, 0.717) is 0 Å². The molecule has 0 radical (unpaired) electrons. The number of aromatic nitrogens is 3. The van der Waals surface area contributed by atoms with E-state index in [1.54, 1.807) is 0 Å². The number of hydrogen-bond donors (Lipinski definition) is 2. The third kappa shape index (κ3) is 3.21. The lowest BCUT2D eigenvalue weighted by molar-refractivity contribution is -0.147. The molecule has 2 heterocycles. The highest BCUT2D eigenvalue weighted by molar-refractivity contribution is 5.74. The number of carboxylic acid groups (broad SMARTS) is 1. The van der Waals surface area contributed by atoms with E-state index in [0.717, 1.165) is 10.6 Å². The summed E-state index contributed by atoms with van der Waals surface area (Å²) in [5.74, 6) is -1.11. The van der Waals surface area contributed by atoms with Crippen LogP contribution in [0.5, 0.6) is 0 Å². The third-order valence-electron chi connectivity index (χ3n) is 2.70. The van der Waals surface area contributed by atoms with E-state index in [-0.39, 0.29) is 17.9 Å². The van der Waals surface area contributed by atoms with Crippen LogP contribution in [0.4, 0.5) is 19.0 Å². The fraction of sp³-hybridized carbons (Fsp3) is 0.364. The summed E-state index contributed by atoms with van der Waals surface area (Å²) < 4.78 is 43.6. The maximum absolute atomic E-state index is 12.6.